The van der Waals surface area contributed by atoms with Gasteiger partial charge in [0.2, 0.25) is 0 Å². The first-order valence-corrected chi connectivity index (χ1v) is 5.93. The number of benzene rings is 2. The molecular formula is C15H16O5. The summed E-state index contributed by atoms with van der Waals surface area (Å²) in [5.41, 5.74) is 0.687. The van der Waals surface area contributed by atoms with E-state index in [0.29, 0.717) is 5.56 Å². The van der Waals surface area contributed by atoms with Gasteiger partial charge in [-0.15, -0.1) is 0 Å². The highest BCUT2D eigenvalue weighted by Gasteiger charge is 2.13. The number of ketones is 1. The molecule has 106 valence electrons. The zero-order valence-corrected chi connectivity index (χ0v) is 10.7. The van der Waals surface area contributed by atoms with Crippen molar-refractivity contribution in [3.63, 3.8) is 0 Å². The van der Waals surface area contributed by atoms with Gasteiger partial charge in [0.15, 0.2) is 5.78 Å². The van der Waals surface area contributed by atoms with Crippen molar-refractivity contribution in [1.82, 2.24) is 0 Å². The van der Waals surface area contributed by atoms with E-state index in [1.54, 1.807) is 24.3 Å². The second kappa shape index (κ2) is 7.93. The molecule has 0 atom stereocenters. The Hall–Kier alpha value is -2.37. The quantitative estimate of drug-likeness (QED) is 0.633. The summed E-state index contributed by atoms with van der Waals surface area (Å²) < 4.78 is 0. The molecule has 0 amide bonds. The molecule has 0 aliphatic carbocycles. The Kier molecular flexibility index (Phi) is 6.22. The summed E-state index contributed by atoms with van der Waals surface area (Å²) in [4.78, 5) is 11.9. The minimum Gasteiger partial charge on any atom is -0.508 e. The van der Waals surface area contributed by atoms with E-state index in [1.165, 1.54) is 12.1 Å². The van der Waals surface area contributed by atoms with Gasteiger partial charge in [-0.3, -0.25) is 4.79 Å². The van der Waals surface area contributed by atoms with Crippen molar-refractivity contribution in [2.45, 2.75) is 0 Å². The van der Waals surface area contributed by atoms with Crippen LogP contribution < -0.4 is 0 Å². The highest BCUT2D eigenvalue weighted by molar-refractivity contribution is 6.10. The molecule has 0 aliphatic rings. The Morgan fingerprint density at radius 3 is 2.00 bits per heavy atom. The average Bonchev–Trinajstić information content (AvgIpc) is 2.48. The van der Waals surface area contributed by atoms with E-state index < -0.39 is 0 Å². The lowest BCUT2D eigenvalue weighted by atomic mass is 10.0. The van der Waals surface area contributed by atoms with E-state index in [2.05, 4.69) is 0 Å². The summed E-state index contributed by atoms with van der Waals surface area (Å²) in [6.07, 6.45) is 0. The summed E-state index contributed by atoms with van der Waals surface area (Å²) in [6.45, 7) is -0.250. The Morgan fingerprint density at radius 2 is 1.50 bits per heavy atom. The van der Waals surface area contributed by atoms with Crippen molar-refractivity contribution in [1.29, 1.82) is 0 Å². The van der Waals surface area contributed by atoms with E-state index in [0.717, 1.165) is 6.07 Å². The summed E-state index contributed by atoms with van der Waals surface area (Å²) in [7, 11) is 0. The van der Waals surface area contributed by atoms with Gasteiger partial charge >= 0.3 is 0 Å². The number of hydrogen-bond donors (Lipinski definition) is 4. The lowest BCUT2D eigenvalue weighted by Gasteiger charge is -2.04. The number of phenolic OH excluding ortho intramolecular Hbond substituents is 2. The number of phenols is 2. The number of hydrogen-bond acceptors (Lipinski definition) is 5. The van der Waals surface area contributed by atoms with Crippen LogP contribution in [0.3, 0.4) is 0 Å². The van der Waals surface area contributed by atoms with Gasteiger partial charge in [-0.05, 0) is 12.1 Å². The lowest BCUT2D eigenvalue weighted by molar-refractivity contribution is 0.103. The first kappa shape index (κ1) is 15.7. The molecule has 0 radical (unpaired) electrons. The highest BCUT2D eigenvalue weighted by atomic mass is 16.3. The molecule has 0 saturated heterocycles. The summed E-state index contributed by atoms with van der Waals surface area (Å²) in [5.74, 6) is -0.547. The largest absolute Gasteiger partial charge is 0.508 e. The topological polar surface area (TPSA) is 98.0 Å². The fourth-order valence-corrected chi connectivity index (χ4v) is 1.46. The molecule has 2 aromatic rings. The first-order chi connectivity index (χ1) is 9.60. The smallest absolute Gasteiger partial charge is 0.196 e. The zero-order valence-electron chi connectivity index (χ0n) is 10.7. The Balaban J connectivity index is 0.000000444. The number of aliphatic hydroxyl groups is 2. The molecule has 0 spiro atoms. The van der Waals surface area contributed by atoms with Crippen LogP contribution >= 0.6 is 0 Å². The van der Waals surface area contributed by atoms with Crippen molar-refractivity contribution >= 4 is 5.78 Å². The predicted molar refractivity (Wildman–Crippen MR) is 73.8 cm³/mol. The van der Waals surface area contributed by atoms with Crippen LogP contribution in [0.2, 0.25) is 0 Å². The molecule has 20 heavy (non-hydrogen) atoms. The number of aliphatic hydroxyl groups excluding tert-OH is 2. The van der Waals surface area contributed by atoms with Gasteiger partial charge in [0.1, 0.15) is 11.5 Å². The summed E-state index contributed by atoms with van der Waals surface area (Å²) >= 11 is 0. The standard InChI is InChI=1S/C13H10O3.C2H6O2/c14-10-6-7-11(12(15)8-10)13(16)9-4-2-1-3-5-9;3-1-2-4/h1-8,14-15H;3-4H,1-2H2. The van der Waals surface area contributed by atoms with Crippen molar-refractivity contribution in [2.75, 3.05) is 13.2 Å². The zero-order chi connectivity index (χ0) is 15.0. The van der Waals surface area contributed by atoms with Gasteiger partial charge in [-0.25, -0.2) is 0 Å². The number of carbonyl (C=O) groups is 1. The molecule has 0 aliphatic heterocycles. The number of rotatable bonds is 3. The maximum absolute atomic E-state index is 11.9. The van der Waals surface area contributed by atoms with Crippen LogP contribution in [0, 0.1) is 0 Å². The van der Waals surface area contributed by atoms with Gasteiger partial charge in [-0.2, -0.15) is 0 Å². The molecule has 2 aromatic carbocycles. The van der Waals surface area contributed by atoms with Crippen LogP contribution in [0.15, 0.2) is 48.5 Å². The lowest BCUT2D eigenvalue weighted by Crippen LogP contribution is -2.00. The molecule has 0 aromatic heterocycles. The molecule has 0 bridgehead atoms. The minimum absolute atomic E-state index is 0.0675. The highest BCUT2D eigenvalue weighted by Crippen LogP contribution is 2.24. The van der Waals surface area contributed by atoms with Crippen molar-refractivity contribution < 1.29 is 25.2 Å². The third-order valence-corrected chi connectivity index (χ3v) is 2.36. The van der Waals surface area contributed by atoms with Crippen LogP contribution in [-0.2, 0) is 0 Å². The Morgan fingerprint density at radius 1 is 0.900 bits per heavy atom. The van der Waals surface area contributed by atoms with E-state index in [-0.39, 0.29) is 36.1 Å². The van der Waals surface area contributed by atoms with Gasteiger partial charge < -0.3 is 20.4 Å². The molecule has 5 nitrogen and oxygen atoms in total. The molecule has 5 heteroatoms. The molecule has 0 fully saturated rings. The van der Waals surface area contributed by atoms with Crippen LogP contribution in [0.4, 0.5) is 0 Å². The minimum atomic E-state index is -0.266. The molecule has 4 N–H and O–H groups in total. The SMILES string of the molecule is O=C(c1ccccc1)c1ccc(O)cc1O.OCCO. The van der Waals surface area contributed by atoms with Gasteiger partial charge in [0.05, 0.1) is 18.8 Å². The maximum atomic E-state index is 11.9. The molecule has 0 unspecified atom stereocenters. The fourth-order valence-electron chi connectivity index (χ4n) is 1.46. The summed E-state index contributed by atoms with van der Waals surface area (Å²) in [6, 6.07) is 12.6. The Labute approximate surface area is 116 Å². The van der Waals surface area contributed by atoms with E-state index in [4.69, 9.17) is 15.3 Å². The fraction of sp³-hybridized carbons (Fsp3) is 0.133. The van der Waals surface area contributed by atoms with Crippen LogP contribution in [0.5, 0.6) is 11.5 Å². The number of aromatic hydroxyl groups is 2. The molecule has 0 saturated carbocycles. The Bertz CT molecular complexity index is 549. The molecular weight excluding hydrogens is 260 g/mol. The van der Waals surface area contributed by atoms with Crippen molar-refractivity contribution in [2.24, 2.45) is 0 Å². The van der Waals surface area contributed by atoms with Crippen LogP contribution in [0.1, 0.15) is 15.9 Å². The molecule has 0 heterocycles. The number of carbonyl (C=O) groups excluding carboxylic acids is 1. The second-order valence-electron chi connectivity index (χ2n) is 3.84. The monoisotopic (exact) mass is 276 g/mol. The van der Waals surface area contributed by atoms with Gasteiger partial charge in [0.25, 0.3) is 0 Å². The van der Waals surface area contributed by atoms with E-state index in [1.807, 2.05) is 6.07 Å². The van der Waals surface area contributed by atoms with Crippen molar-refractivity contribution in [3.8, 4) is 11.5 Å². The average molecular weight is 276 g/mol. The first-order valence-electron chi connectivity index (χ1n) is 5.93. The second-order valence-corrected chi connectivity index (χ2v) is 3.84. The molecule has 2 rings (SSSR count). The summed E-state index contributed by atoms with van der Waals surface area (Å²) in [5, 5.41) is 33.9. The third-order valence-electron chi connectivity index (χ3n) is 2.36. The van der Waals surface area contributed by atoms with Gasteiger partial charge in [-0.1, -0.05) is 30.3 Å². The normalized spacial score (nSPS) is 9.50. The third kappa shape index (κ3) is 4.38. The van der Waals surface area contributed by atoms with Crippen molar-refractivity contribution in [3.05, 3.63) is 59.7 Å². The van der Waals surface area contributed by atoms with E-state index in [9.17, 15) is 9.90 Å². The maximum Gasteiger partial charge on any atom is 0.196 e. The van der Waals surface area contributed by atoms with E-state index >= 15 is 0 Å². The van der Waals surface area contributed by atoms with Crippen LogP contribution in [0.25, 0.3) is 0 Å². The predicted octanol–water partition coefficient (Wildman–Crippen LogP) is 1.30. The van der Waals surface area contributed by atoms with Crippen LogP contribution in [-0.4, -0.2) is 39.4 Å². The van der Waals surface area contributed by atoms with Gasteiger partial charge in [0, 0.05) is 11.6 Å².